The number of para-hydroxylation sites is 1. The van der Waals surface area contributed by atoms with Crippen LogP contribution in [-0.4, -0.2) is 30.7 Å². The highest BCUT2D eigenvalue weighted by Crippen LogP contribution is 2.40. The molecule has 0 atom stereocenters. The number of anilines is 1. The lowest BCUT2D eigenvalue weighted by atomic mass is 9.69. The smallest absolute Gasteiger partial charge is 0.319 e. The fourth-order valence-corrected chi connectivity index (χ4v) is 2.47. The number of hydrogen-bond donors (Lipinski definition) is 4. The molecule has 1 aliphatic carbocycles. The molecule has 0 heterocycles. The number of hydrogen-bond acceptors (Lipinski definition) is 3. The van der Waals surface area contributed by atoms with Crippen LogP contribution in [0.5, 0.6) is 0 Å². The molecule has 2 amide bonds. The van der Waals surface area contributed by atoms with Crippen molar-refractivity contribution in [1.29, 1.82) is 0 Å². The largest absolute Gasteiger partial charge is 0.481 e. The minimum absolute atomic E-state index is 0.169. The van der Waals surface area contributed by atoms with Gasteiger partial charge in [-0.05, 0) is 31.5 Å². The fourth-order valence-electron chi connectivity index (χ4n) is 2.47. The standard InChI is InChI=1S/C15H21N3O3/c1-16-9-11-5-2-3-6-12(11)18-14(21)17-10-15(13(19)20)7-4-8-15/h2-3,5-6,16H,4,7-10H2,1H3,(H,19,20)(H2,17,18,21). The summed E-state index contributed by atoms with van der Waals surface area (Å²) < 4.78 is 0. The van der Waals surface area contributed by atoms with E-state index in [9.17, 15) is 14.7 Å². The van der Waals surface area contributed by atoms with E-state index in [1.807, 2.05) is 31.3 Å². The second-order valence-corrected chi connectivity index (χ2v) is 5.43. The summed E-state index contributed by atoms with van der Waals surface area (Å²) in [5, 5.41) is 17.7. The normalized spacial score (nSPS) is 15.9. The van der Waals surface area contributed by atoms with Crippen molar-refractivity contribution in [1.82, 2.24) is 10.6 Å². The van der Waals surface area contributed by atoms with Gasteiger partial charge in [-0.15, -0.1) is 0 Å². The average molecular weight is 291 g/mol. The van der Waals surface area contributed by atoms with E-state index in [-0.39, 0.29) is 12.6 Å². The molecule has 1 aromatic rings. The fraction of sp³-hybridized carbons (Fsp3) is 0.467. The van der Waals surface area contributed by atoms with Gasteiger partial charge in [0.1, 0.15) is 0 Å². The van der Waals surface area contributed by atoms with Crippen LogP contribution in [0.1, 0.15) is 24.8 Å². The van der Waals surface area contributed by atoms with E-state index in [2.05, 4.69) is 16.0 Å². The van der Waals surface area contributed by atoms with Crippen molar-refractivity contribution >= 4 is 17.7 Å². The molecule has 1 aromatic carbocycles. The van der Waals surface area contributed by atoms with Gasteiger partial charge in [0.2, 0.25) is 0 Å². The monoisotopic (exact) mass is 291 g/mol. The maximum absolute atomic E-state index is 11.9. The predicted molar refractivity (Wildman–Crippen MR) is 80.1 cm³/mol. The first-order chi connectivity index (χ1) is 10.1. The molecule has 6 nitrogen and oxygen atoms in total. The highest BCUT2D eigenvalue weighted by Gasteiger charge is 2.44. The van der Waals surface area contributed by atoms with E-state index in [1.165, 1.54) is 0 Å². The molecule has 0 spiro atoms. The Hall–Kier alpha value is -2.08. The molecule has 1 aliphatic rings. The second-order valence-electron chi connectivity index (χ2n) is 5.43. The highest BCUT2D eigenvalue weighted by molar-refractivity contribution is 5.90. The number of urea groups is 1. The molecule has 0 bridgehead atoms. The van der Waals surface area contributed by atoms with Crippen molar-refractivity contribution < 1.29 is 14.7 Å². The van der Waals surface area contributed by atoms with Crippen molar-refractivity contribution in [2.24, 2.45) is 5.41 Å². The number of carboxylic acid groups (broad SMARTS) is 1. The summed E-state index contributed by atoms with van der Waals surface area (Å²) in [6.07, 6.45) is 2.15. The summed E-state index contributed by atoms with van der Waals surface area (Å²) in [5.74, 6) is -0.829. The molecule has 4 N–H and O–H groups in total. The van der Waals surface area contributed by atoms with Crippen molar-refractivity contribution in [2.75, 3.05) is 18.9 Å². The Balaban J connectivity index is 1.92. The van der Waals surface area contributed by atoms with Crippen LogP contribution in [0, 0.1) is 5.41 Å². The summed E-state index contributed by atoms with van der Waals surface area (Å²) >= 11 is 0. The molecular formula is C15H21N3O3. The predicted octanol–water partition coefficient (Wildman–Crippen LogP) is 1.78. The molecule has 21 heavy (non-hydrogen) atoms. The van der Waals surface area contributed by atoms with Gasteiger partial charge in [0.15, 0.2) is 0 Å². The van der Waals surface area contributed by atoms with Gasteiger partial charge in [-0.25, -0.2) is 4.79 Å². The number of benzene rings is 1. The molecule has 1 fully saturated rings. The Bertz CT molecular complexity index is 527. The van der Waals surface area contributed by atoms with E-state index < -0.39 is 11.4 Å². The highest BCUT2D eigenvalue weighted by atomic mass is 16.4. The summed E-state index contributed by atoms with van der Waals surface area (Å²) in [7, 11) is 1.84. The van der Waals surface area contributed by atoms with E-state index in [4.69, 9.17) is 0 Å². The molecule has 6 heteroatoms. The average Bonchev–Trinajstić information content (AvgIpc) is 2.39. The van der Waals surface area contributed by atoms with Gasteiger partial charge in [-0.3, -0.25) is 4.79 Å². The van der Waals surface area contributed by atoms with E-state index >= 15 is 0 Å². The molecule has 0 radical (unpaired) electrons. The maximum atomic E-state index is 11.9. The van der Waals surface area contributed by atoms with Crippen LogP contribution in [0.2, 0.25) is 0 Å². The Kier molecular flexibility index (Phi) is 4.80. The lowest BCUT2D eigenvalue weighted by Gasteiger charge is -2.37. The van der Waals surface area contributed by atoms with E-state index in [1.54, 1.807) is 0 Å². The molecular weight excluding hydrogens is 270 g/mol. The number of carbonyl (C=O) groups is 2. The zero-order valence-electron chi connectivity index (χ0n) is 12.1. The van der Waals surface area contributed by atoms with E-state index in [0.717, 1.165) is 17.7 Å². The van der Waals surface area contributed by atoms with Crippen LogP contribution in [-0.2, 0) is 11.3 Å². The number of amides is 2. The first-order valence-corrected chi connectivity index (χ1v) is 7.08. The quantitative estimate of drug-likeness (QED) is 0.643. The molecule has 114 valence electrons. The maximum Gasteiger partial charge on any atom is 0.319 e. The topological polar surface area (TPSA) is 90.5 Å². The summed E-state index contributed by atoms with van der Waals surface area (Å²) in [4.78, 5) is 23.2. The van der Waals surface area contributed by atoms with Gasteiger partial charge in [-0.1, -0.05) is 24.6 Å². The van der Waals surface area contributed by atoms with Crippen molar-refractivity contribution in [3.05, 3.63) is 29.8 Å². The Morgan fingerprint density at radius 3 is 2.57 bits per heavy atom. The van der Waals surface area contributed by atoms with Gasteiger partial charge in [-0.2, -0.15) is 0 Å². The van der Waals surface area contributed by atoms with Gasteiger partial charge < -0.3 is 21.1 Å². The van der Waals surface area contributed by atoms with Gasteiger partial charge >= 0.3 is 12.0 Å². The Labute approximate surface area is 123 Å². The summed E-state index contributed by atoms with van der Waals surface area (Å²) in [5.41, 5.74) is 0.927. The third-order valence-corrected chi connectivity index (χ3v) is 3.98. The zero-order valence-corrected chi connectivity index (χ0v) is 12.1. The lowest BCUT2D eigenvalue weighted by Crippen LogP contribution is -2.48. The third kappa shape index (κ3) is 3.52. The van der Waals surface area contributed by atoms with Gasteiger partial charge in [0.05, 0.1) is 5.41 Å². The van der Waals surface area contributed by atoms with Crippen LogP contribution in [0.4, 0.5) is 10.5 Å². The molecule has 0 aromatic heterocycles. The zero-order chi connectivity index (χ0) is 15.3. The van der Waals surface area contributed by atoms with Gasteiger partial charge in [0, 0.05) is 18.8 Å². The first kappa shape index (κ1) is 15.3. The lowest BCUT2D eigenvalue weighted by molar-refractivity contribution is -0.153. The summed E-state index contributed by atoms with van der Waals surface area (Å²) in [6, 6.07) is 7.13. The summed E-state index contributed by atoms with van der Waals surface area (Å²) in [6.45, 7) is 0.817. The number of aliphatic carboxylic acids is 1. The van der Waals surface area contributed by atoms with Crippen molar-refractivity contribution in [3.8, 4) is 0 Å². The number of rotatable bonds is 6. The van der Waals surface area contributed by atoms with Crippen molar-refractivity contribution in [3.63, 3.8) is 0 Å². The molecule has 1 saturated carbocycles. The minimum Gasteiger partial charge on any atom is -0.481 e. The van der Waals surface area contributed by atoms with E-state index in [0.29, 0.717) is 19.4 Å². The van der Waals surface area contributed by atoms with Gasteiger partial charge in [0.25, 0.3) is 0 Å². The molecule has 0 aliphatic heterocycles. The third-order valence-electron chi connectivity index (χ3n) is 3.98. The van der Waals surface area contributed by atoms with Crippen LogP contribution in [0.3, 0.4) is 0 Å². The number of nitrogens with one attached hydrogen (secondary N) is 3. The second kappa shape index (κ2) is 6.58. The number of carboxylic acids is 1. The van der Waals surface area contributed by atoms with Crippen LogP contribution < -0.4 is 16.0 Å². The molecule has 0 unspecified atom stereocenters. The molecule has 0 saturated heterocycles. The Morgan fingerprint density at radius 2 is 2.00 bits per heavy atom. The first-order valence-electron chi connectivity index (χ1n) is 7.08. The SMILES string of the molecule is CNCc1ccccc1NC(=O)NCC1(C(=O)O)CCC1. The molecule has 2 rings (SSSR count). The van der Waals surface area contributed by atoms with Crippen LogP contribution in [0.15, 0.2) is 24.3 Å². The number of carbonyl (C=O) groups excluding carboxylic acids is 1. The van der Waals surface area contributed by atoms with Crippen LogP contribution in [0.25, 0.3) is 0 Å². The van der Waals surface area contributed by atoms with Crippen LogP contribution >= 0.6 is 0 Å². The van der Waals surface area contributed by atoms with Crippen molar-refractivity contribution in [2.45, 2.75) is 25.8 Å². The minimum atomic E-state index is -0.829. The Morgan fingerprint density at radius 1 is 1.29 bits per heavy atom.